The number of nitrogens with one attached hydrogen (secondary N) is 1. The molecule has 2 nitrogen and oxygen atoms in total. The number of halogens is 2. The van der Waals surface area contributed by atoms with Gasteiger partial charge in [0.2, 0.25) is 0 Å². The number of hydrogen-bond donors (Lipinski definition) is 1. The number of rotatable bonds is 3. The topological polar surface area (TPSA) is 24.9 Å². The van der Waals surface area contributed by atoms with Crippen LogP contribution in [0, 0.1) is 19.7 Å². The highest BCUT2D eigenvalue weighted by molar-refractivity contribution is 6.30. The minimum atomic E-state index is -0.395. The number of nitrogens with zero attached hydrogens (tertiary/aromatic N) is 1. The molecule has 0 spiro atoms. The Morgan fingerprint density at radius 3 is 2.67 bits per heavy atom. The van der Waals surface area contributed by atoms with Gasteiger partial charge in [0.15, 0.2) is 0 Å². The van der Waals surface area contributed by atoms with Crippen LogP contribution in [0.4, 0.5) is 10.1 Å². The van der Waals surface area contributed by atoms with E-state index in [0.29, 0.717) is 6.54 Å². The van der Waals surface area contributed by atoms with Crippen molar-refractivity contribution in [1.29, 1.82) is 0 Å². The Hall–Kier alpha value is -1.61. The maximum Gasteiger partial charge on any atom is 0.141 e. The van der Waals surface area contributed by atoms with E-state index in [4.69, 9.17) is 11.6 Å². The van der Waals surface area contributed by atoms with Gasteiger partial charge in [-0.3, -0.25) is 4.98 Å². The lowest BCUT2D eigenvalue weighted by molar-refractivity contribution is 0.627. The minimum Gasteiger partial charge on any atom is -0.380 e. The molecule has 4 heteroatoms. The van der Waals surface area contributed by atoms with Crippen molar-refractivity contribution >= 4 is 17.3 Å². The minimum absolute atomic E-state index is 0.146. The molecule has 2 aromatic rings. The molecule has 2 rings (SSSR count). The van der Waals surface area contributed by atoms with E-state index in [-0.39, 0.29) is 5.02 Å². The summed E-state index contributed by atoms with van der Waals surface area (Å²) in [6.45, 7) is 4.50. The summed E-state index contributed by atoms with van der Waals surface area (Å²) < 4.78 is 13.0. The molecule has 0 saturated carbocycles. The molecule has 0 aliphatic heterocycles. The lowest BCUT2D eigenvalue weighted by Crippen LogP contribution is -2.02. The molecular formula is C14H14ClFN2. The first kappa shape index (κ1) is 12.8. The number of aryl methyl sites for hydroxylation is 2. The predicted octanol–water partition coefficient (Wildman–Crippen LogP) is 4.10. The number of pyridine rings is 1. The van der Waals surface area contributed by atoms with Crippen LogP contribution in [-0.4, -0.2) is 4.98 Å². The third-order valence-electron chi connectivity index (χ3n) is 2.69. The molecule has 18 heavy (non-hydrogen) atoms. The number of hydrogen-bond acceptors (Lipinski definition) is 2. The third-order valence-corrected chi connectivity index (χ3v) is 2.98. The zero-order valence-corrected chi connectivity index (χ0v) is 11.1. The summed E-state index contributed by atoms with van der Waals surface area (Å²) in [5.41, 5.74) is 3.84. The molecule has 1 aromatic carbocycles. The van der Waals surface area contributed by atoms with Gasteiger partial charge >= 0.3 is 0 Å². The van der Waals surface area contributed by atoms with Crippen molar-refractivity contribution in [3.8, 4) is 0 Å². The highest BCUT2D eigenvalue weighted by Crippen LogP contribution is 2.18. The molecule has 1 aromatic heterocycles. The van der Waals surface area contributed by atoms with Crippen LogP contribution in [-0.2, 0) is 6.54 Å². The normalized spacial score (nSPS) is 10.4. The van der Waals surface area contributed by atoms with Crippen LogP contribution < -0.4 is 5.32 Å². The second-order valence-corrected chi connectivity index (χ2v) is 4.59. The molecule has 0 bridgehead atoms. The highest BCUT2D eigenvalue weighted by atomic mass is 35.5. The van der Waals surface area contributed by atoms with Crippen LogP contribution in [0.3, 0.4) is 0 Å². The van der Waals surface area contributed by atoms with Gasteiger partial charge in [-0.2, -0.15) is 0 Å². The highest BCUT2D eigenvalue weighted by Gasteiger charge is 2.02. The van der Waals surface area contributed by atoms with Gasteiger partial charge in [-0.25, -0.2) is 4.39 Å². The van der Waals surface area contributed by atoms with Gasteiger partial charge in [-0.15, -0.1) is 0 Å². The van der Waals surface area contributed by atoms with Crippen LogP contribution in [0.2, 0.25) is 5.02 Å². The lowest BCUT2D eigenvalue weighted by Gasteiger charge is -2.10. The maximum atomic E-state index is 13.0. The van der Waals surface area contributed by atoms with Crippen molar-refractivity contribution in [2.45, 2.75) is 20.4 Å². The molecule has 0 radical (unpaired) electrons. The standard InChI is InChI=1S/C14H14ClFN2/c1-9-3-6-14(10(2)18-9)17-8-11-4-5-13(16)12(15)7-11/h3-7,17H,8H2,1-2H3. The maximum absolute atomic E-state index is 13.0. The fourth-order valence-corrected chi connectivity index (χ4v) is 1.92. The van der Waals surface area contributed by atoms with E-state index in [1.807, 2.05) is 26.0 Å². The van der Waals surface area contributed by atoms with Gasteiger partial charge < -0.3 is 5.32 Å². The first-order valence-electron chi connectivity index (χ1n) is 5.68. The Bertz CT molecular complexity index is 570. The monoisotopic (exact) mass is 264 g/mol. The smallest absolute Gasteiger partial charge is 0.141 e. The number of aromatic nitrogens is 1. The molecule has 0 fully saturated rings. The third kappa shape index (κ3) is 2.99. The second kappa shape index (κ2) is 5.36. The predicted molar refractivity (Wildman–Crippen MR) is 72.4 cm³/mol. The molecule has 94 valence electrons. The fourth-order valence-electron chi connectivity index (χ4n) is 1.72. The second-order valence-electron chi connectivity index (χ2n) is 4.19. The Morgan fingerprint density at radius 1 is 1.22 bits per heavy atom. The van der Waals surface area contributed by atoms with Crippen LogP contribution >= 0.6 is 11.6 Å². The first-order valence-corrected chi connectivity index (χ1v) is 6.06. The fraction of sp³-hybridized carbons (Fsp3) is 0.214. The van der Waals surface area contributed by atoms with Crippen LogP contribution in [0.5, 0.6) is 0 Å². The number of anilines is 1. The Morgan fingerprint density at radius 2 is 2.00 bits per heavy atom. The average Bonchev–Trinajstić information content (AvgIpc) is 2.32. The zero-order chi connectivity index (χ0) is 13.1. The summed E-state index contributed by atoms with van der Waals surface area (Å²) >= 11 is 5.73. The van der Waals surface area contributed by atoms with Crippen molar-refractivity contribution in [2.75, 3.05) is 5.32 Å². The molecule has 0 aliphatic rings. The summed E-state index contributed by atoms with van der Waals surface area (Å²) in [5.74, 6) is -0.395. The number of benzene rings is 1. The molecular weight excluding hydrogens is 251 g/mol. The molecule has 0 amide bonds. The van der Waals surface area contributed by atoms with Crippen molar-refractivity contribution < 1.29 is 4.39 Å². The van der Waals surface area contributed by atoms with Crippen LogP contribution in [0.25, 0.3) is 0 Å². The molecule has 1 N–H and O–H groups in total. The van der Waals surface area contributed by atoms with E-state index in [2.05, 4.69) is 10.3 Å². The Kier molecular flexibility index (Phi) is 3.82. The summed E-state index contributed by atoms with van der Waals surface area (Å²) in [5, 5.41) is 3.41. The van der Waals surface area contributed by atoms with Crippen LogP contribution in [0.15, 0.2) is 30.3 Å². The average molecular weight is 265 g/mol. The van der Waals surface area contributed by atoms with Gasteiger partial charge in [0.1, 0.15) is 5.82 Å². The van der Waals surface area contributed by atoms with Crippen molar-refractivity contribution in [3.05, 3.63) is 58.1 Å². The zero-order valence-electron chi connectivity index (χ0n) is 10.3. The van der Waals surface area contributed by atoms with Gasteiger partial charge in [-0.05, 0) is 43.7 Å². The quantitative estimate of drug-likeness (QED) is 0.903. The van der Waals surface area contributed by atoms with Gasteiger partial charge in [-0.1, -0.05) is 17.7 Å². The molecule has 0 atom stereocenters. The molecule has 0 aliphatic carbocycles. The van der Waals surface area contributed by atoms with Crippen LogP contribution in [0.1, 0.15) is 17.0 Å². The largest absolute Gasteiger partial charge is 0.380 e. The van der Waals surface area contributed by atoms with Crippen molar-refractivity contribution in [1.82, 2.24) is 4.98 Å². The van der Waals surface area contributed by atoms with E-state index in [1.54, 1.807) is 12.1 Å². The van der Waals surface area contributed by atoms with Crippen molar-refractivity contribution in [3.63, 3.8) is 0 Å². The van der Waals surface area contributed by atoms with E-state index in [9.17, 15) is 4.39 Å². The Balaban J connectivity index is 2.09. The van der Waals surface area contributed by atoms with Crippen molar-refractivity contribution in [2.24, 2.45) is 0 Å². The first-order chi connectivity index (χ1) is 8.56. The van der Waals surface area contributed by atoms with E-state index < -0.39 is 5.82 Å². The van der Waals surface area contributed by atoms with Gasteiger partial charge in [0.05, 0.1) is 16.4 Å². The molecule has 1 heterocycles. The Labute approximate surface area is 111 Å². The molecule has 0 unspecified atom stereocenters. The van der Waals surface area contributed by atoms with E-state index >= 15 is 0 Å². The summed E-state index contributed by atoms with van der Waals surface area (Å²) in [6.07, 6.45) is 0. The lowest BCUT2D eigenvalue weighted by atomic mass is 10.2. The van der Waals surface area contributed by atoms with Gasteiger partial charge in [0.25, 0.3) is 0 Å². The van der Waals surface area contributed by atoms with Gasteiger partial charge in [0, 0.05) is 12.2 Å². The summed E-state index contributed by atoms with van der Waals surface area (Å²) in [6, 6.07) is 8.65. The summed E-state index contributed by atoms with van der Waals surface area (Å²) in [7, 11) is 0. The summed E-state index contributed by atoms with van der Waals surface area (Å²) in [4.78, 5) is 4.37. The SMILES string of the molecule is Cc1ccc(NCc2ccc(F)c(Cl)c2)c(C)n1. The van der Waals surface area contributed by atoms with E-state index in [0.717, 1.165) is 22.6 Å². The molecule has 0 saturated heterocycles. The van der Waals surface area contributed by atoms with E-state index in [1.165, 1.54) is 6.07 Å².